The third-order valence-corrected chi connectivity index (χ3v) is 4.83. The van der Waals surface area contributed by atoms with Gasteiger partial charge in [-0.15, -0.1) is 0 Å². The zero-order valence-corrected chi connectivity index (χ0v) is 11.2. The molecule has 0 bridgehead atoms. The van der Waals surface area contributed by atoms with E-state index in [4.69, 9.17) is 4.74 Å². The number of nitrogens with zero attached hydrogens (tertiary/aromatic N) is 1. The monoisotopic (exact) mass is 230 g/mol. The van der Waals surface area contributed by atoms with Crippen LogP contribution in [0.25, 0.3) is 0 Å². The van der Waals surface area contributed by atoms with Crippen molar-refractivity contribution >= 4 is 20.6 Å². The summed E-state index contributed by atoms with van der Waals surface area (Å²) in [6.45, 7) is 10.5. The van der Waals surface area contributed by atoms with Crippen molar-refractivity contribution in [3.05, 3.63) is 0 Å². The molecule has 0 aromatic carbocycles. The maximum atomic E-state index is 11.5. The third-order valence-electron chi connectivity index (χ3n) is 2.27. The van der Waals surface area contributed by atoms with Crippen molar-refractivity contribution in [1.29, 1.82) is 0 Å². The van der Waals surface area contributed by atoms with E-state index < -0.39 is 14.2 Å². The summed E-state index contributed by atoms with van der Waals surface area (Å²) in [4.78, 5) is 22.9. The maximum absolute atomic E-state index is 11.5. The molecule has 0 N–H and O–H groups in total. The molecule has 0 aromatic heterocycles. The van der Waals surface area contributed by atoms with Crippen molar-refractivity contribution in [2.45, 2.75) is 45.6 Å². The molecule has 0 saturated heterocycles. The molecule has 2 amide bonds. The smallest absolute Gasteiger partial charge is 0.416 e. The van der Waals surface area contributed by atoms with Gasteiger partial charge in [0.15, 0.2) is 0 Å². The standard InChI is InChI=1S/C10H20NO3Si/c1-6-7-11(8-12)10(13)14-9(2)15(3,4)5/h9H,6-7H2,1-5H3. The van der Waals surface area contributed by atoms with E-state index in [-0.39, 0.29) is 5.73 Å². The molecule has 0 aliphatic carbocycles. The van der Waals surface area contributed by atoms with Gasteiger partial charge in [0.25, 0.3) is 0 Å². The zero-order chi connectivity index (χ0) is 12.1. The van der Waals surface area contributed by atoms with Gasteiger partial charge in [-0.1, -0.05) is 26.6 Å². The second-order valence-corrected chi connectivity index (χ2v) is 10.2. The molecule has 0 spiro atoms. The fraction of sp³-hybridized carbons (Fsp3) is 0.800. The van der Waals surface area contributed by atoms with Crippen LogP contribution < -0.4 is 0 Å². The number of rotatable bonds is 5. The topological polar surface area (TPSA) is 46.6 Å². The Labute approximate surface area is 92.6 Å². The van der Waals surface area contributed by atoms with E-state index in [1.165, 1.54) is 0 Å². The van der Waals surface area contributed by atoms with Gasteiger partial charge >= 0.3 is 12.5 Å². The molecule has 0 aliphatic rings. The Hall–Kier alpha value is -0.843. The van der Waals surface area contributed by atoms with Crippen LogP contribution in [0.4, 0.5) is 4.79 Å². The molecular weight excluding hydrogens is 210 g/mol. The van der Waals surface area contributed by atoms with Crippen molar-refractivity contribution in [3.63, 3.8) is 0 Å². The van der Waals surface area contributed by atoms with Crippen LogP contribution in [0.5, 0.6) is 0 Å². The van der Waals surface area contributed by atoms with Crippen molar-refractivity contribution < 1.29 is 14.3 Å². The van der Waals surface area contributed by atoms with Gasteiger partial charge in [0, 0.05) is 6.54 Å². The van der Waals surface area contributed by atoms with Crippen LogP contribution in [0.3, 0.4) is 0 Å². The highest BCUT2D eigenvalue weighted by Crippen LogP contribution is 2.12. The van der Waals surface area contributed by atoms with E-state index in [1.807, 2.05) is 13.8 Å². The SMILES string of the molecule is CCCN([C]=O)C(=O)OC(C)[Si](C)(C)C. The first kappa shape index (κ1) is 14.2. The highest BCUT2D eigenvalue weighted by molar-refractivity contribution is 6.77. The minimum Gasteiger partial charge on any atom is -0.450 e. The van der Waals surface area contributed by atoms with Crippen LogP contribution >= 0.6 is 0 Å². The normalized spacial score (nSPS) is 13.1. The molecule has 0 rings (SSSR count). The van der Waals surface area contributed by atoms with Crippen LogP contribution in [0, 0.1) is 0 Å². The lowest BCUT2D eigenvalue weighted by atomic mass is 10.4. The molecule has 1 atom stereocenters. The fourth-order valence-corrected chi connectivity index (χ4v) is 1.24. The lowest BCUT2D eigenvalue weighted by Crippen LogP contribution is -2.43. The quantitative estimate of drug-likeness (QED) is 0.537. The Morgan fingerprint density at radius 3 is 2.33 bits per heavy atom. The molecule has 87 valence electrons. The Morgan fingerprint density at radius 1 is 1.47 bits per heavy atom. The van der Waals surface area contributed by atoms with E-state index >= 15 is 0 Å². The number of amides is 2. The minimum absolute atomic E-state index is 0.0993. The Morgan fingerprint density at radius 2 is 2.00 bits per heavy atom. The minimum atomic E-state index is -1.50. The van der Waals surface area contributed by atoms with Gasteiger partial charge in [0.05, 0.1) is 13.8 Å². The average molecular weight is 230 g/mol. The fourth-order valence-electron chi connectivity index (χ4n) is 0.789. The Balaban J connectivity index is 4.28. The van der Waals surface area contributed by atoms with Crippen molar-refractivity contribution in [1.82, 2.24) is 4.90 Å². The van der Waals surface area contributed by atoms with E-state index in [0.29, 0.717) is 13.0 Å². The largest absolute Gasteiger partial charge is 0.450 e. The molecule has 15 heavy (non-hydrogen) atoms. The van der Waals surface area contributed by atoms with Gasteiger partial charge < -0.3 is 4.74 Å². The Kier molecular flexibility index (Phi) is 5.57. The second kappa shape index (κ2) is 5.90. The lowest BCUT2D eigenvalue weighted by molar-refractivity contribution is 0.111. The first-order valence-electron chi connectivity index (χ1n) is 5.18. The molecule has 1 unspecified atom stereocenters. The summed E-state index contributed by atoms with van der Waals surface area (Å²) in [6, 6.07) is 0. The summed E-state index contributed by atoms with van der Waals surface area (Å²) in [5.41, 5.74) is -0.0993. The van der Waals surface area contributed by atoms with Gasteiger partial charge in [-0.2, -0.15) is 0 Å². The maximum Gasteiger partial charge on any atom is 0.416 e. The summed E-state index contributed by atoms with van der Waals surface area (Å²) in [5.74, 6) is 0. The summed E-state index contributed by atoms with van der Waals surface area (Å²) in [5, 5.41) is 0. The molecule has 5 heteroatoms. The van der Waals surface area contributed by atoms with Gasteiger partial charge in [0.1, 0.15) is 0 Å². The number of ether oxygens (including phenoxy) is 1. The lowest BCUT2D eigenvalue weighted by Gasteiger charge is -2.26. The highest BCUT2D eigenvalue weighted by Gasteiger charge is 2.27. The van der Waals surface area contributed by atoms with Crippen molar-refractivity contribution in [2.75, 3.05) is 6.54 Å². The summed E-state index contributed by atoms with van der Waals surface area (Å²) in [6.07, 6.45) is 1.72. The van der Waals surface area contributed by atoms with Crippen LogP contribution in [0.2, 0.25) is 19.6 Å². The second-order valence-electron chi connectivity index (χ2n) is 4.63. The molecule has 4 nitrogen and oxygen atoms in total. The highest BCUT2D eigenvalue weighted by atomic mass is 28.3. The number of imide groups is 1. The van der Waals surface area contributed by atoms with E-state index in [1.54, 1.807) is 6.41 Å². The number of hydrogen-bond acceptors (Lipinski definition) is 3. The first-order chi connectivity index (χ1) is 6.82. The van der Waals surface area contributed by atoms with Gasteiger partial charge in [0.2, 0.25) is 0 Å². The molecule has 0 heterocycles. The molecular formula is C10H20NO3Si. The summed E-state index contributed by atoms with van der Waals surface area (Å²) in [7, 11) is -1.50. The first-order valence-corrected chi connectivity index (χ1v) is 8.76. The van der Waals surface area contributed by atoms with Crippen molar-refractivity contribution in [3.8, 4) is 0 Å². The summed E-state index contributed by atoms with van der Waals surface area (Å²) >= 11 is 0. The van der Waals surface area contributed by atoms with Crippen LogP contribution in [-0.2, 0) is 9.53 Å². The predicted molar refractivity (Wildman–Crippen MR) is 62.0 cm³/mol. The Bertz CT molecular complexity index is 225. The number of carbonyl (C=O) groups is 1. The van der Waals surface area contributed by atoms with Gasteiger partial charge in [-0.3, -0.25) is 4.79 Å². The van der Waals surface area contributed by atoms with E-state index in [2.05, 4.69) is 19.6 Å². The predicted octanol–water partition coefficient (Wildman–Crippen LogP) is 2.17. The third kappa shape index (κ3) is 4.97. The molecule has 1 radical (unpaired) electrons. The molecule has 0 aliphatic heterocycles. The van der Waals surface area contributed by atoms with Gasteiger partial charge in [-0.05, 0) is 13.3 Å². The molecule has 0 fully saturated rings. The number of carbonyl (C=O) groups excluding carboxylic acids is 2. The van der Waals surface area contributed by atoms with Crippen LogP contribution in [0.15, 0.2) is 0 Å². The molecule has 0 saturated carbocycles. The zero-order valence-electron chi connectivity index (χ0n) is 10.2. The summed E-state index contributed by atoms with van der Waals surface area (Å²) < 4.78 is 5.21. The van der Waals surface area contributed by atoms with Gasteiger partial charge in [-0.25, -0.2) is 9.69 Å². The average Bonchev–Trinajstić information content (AvgIpc) is 2.12. The van der Waals surface area contributed by atoms with E-state index in [0.717, 1.165) is 4.90 Å². The van der Waals surface area contributed by atoms with Crippen LogP contribution in [-0.4, -0.2) is 37.7 Å². The van der Waals surface area contributed by atoms with E-state index in [9.17, 15) is 9.59 Å². The van der Waals surface area contributed by atoms with Crippen LogP contribution in [0.1, 0.15) is 20.3 Å². The van der Waals surface area contributed by atoms with Crippen molar-refractivity contribution in [2.24, 2.45) is 0 Å². The molecule has 0 aromatic rings. The number of hydrogen-bond donors (Lipinski definition) is 0.